The van der Waals surface area contributed by atoms with E-state index < -0.39 is 0 Å². The zero-order valence-electron chi connectivity index (χ0n) is 7.28. The van der Waals surface area contributed by atoms with E-state index in [1.165, 1.54) is 0 Å². The Morgan fingerprint density at radius 3 is 3.00 bits per heavy atom. The van der Waals surface area contributed by atoms with E-state index in [4.69, 9.17) is 4.74 Å². The van der Waals surface area contributed by atoms with E-state index in [0.717, 1.165) is 15.8 Å². The molecule has 2 aromatic rings. The van der Waals surface area contributed by atoms with Crippen LogP contribution in [0.2, 0.25) is 0 Å². The number of aryl methyl sites for hydroxylation is 1. The van der Waals surface area contributed by atoms with E-state index in [0.29, 0.717) is 5.88 Å². The first-order chi connectivity index (χ1) is 6.22. The van der Waals surface area contributed by atoms with Crippen LogP contribution in [-0.4, -0.2) is 21.7 Å². The summed E-state index contributed by atoms with van der Waals surface area (Å²) < 4.78 is 7.68. The maximum Gasteiger partial charge on any atom is 0.216 e. The fourth-order valence-electron chi connectivity index (χ4n) is 1.16. The molecule has 0 N–H and O–H groups in total. The molecule has 4 nitrogen and oxygen atoms in total. The molecule has 0 aromatic carbocycles. The van der Waals surface area contributed by atoms with E-state index in [-0.39, 0.29) is 0 Å². The third-order valence-electron chi connectivity index (χ3n) is 1.79. The van der Waals surface area contributed by atoms with E-state index in [1.807, 2.05) is 13.0 Å². The van der Waals surface area contributed by atoms with E-state index in [2.05, 4.69) is 26.0 Å². The van der Waals surface area contributed by atoms with Crippen LogP contribution in [-0.2, 0) is 0 Å². The Kier molecular flexibility index (Phi) is 1.95. The van der Waals surface area contributed by atoms with Gasteiger partial charge in [0, 0.05) is 11.8 Å². The van der Waals surface area contributed by atoms with Crippen molar-refractivity contribution in [2.24, 2.45) is 0 Å². The largest absolute Gasteiger partial charge is 0.481 e. The lowest BCUT2D eigenvalue weighted by Gasteiger charge is -2.02. The number of hydrogen-bond acceptors (Lipinski definition) is 3. The van der Waals surface area contributed by atoms with Crippen LogP contribution in [0.3, 0.4) is 0 Å². The summed E-state index contributed by atoms with van der Waals surface area (Å²) in [4.78, 5) is 4.25. The number of fused-ring (bicyclic) bond motifs is 1. The first-order valence-corrected chi connectivity index (χ1v) is 4.56. The fraction of sp³-hybridized carbons (Fsp3) is 0.250. The molecule has 2 rings (SSSR count). The fourth-order valence-corrected chi connectivity index (χ4v) is 1.51. The van der Waals surface area contributed by atoms with Gasteiger partial charge in [-0.15, -0.1) is 0 Å². The molecule has 0 fully saturated rings. The molecule has 0 saturated carbocycles. The summed E-state index contributed by atoms with van der Waals surface area (Å²) in [6.07, 6.45) is 1.72. The number of methoxy groups -OCH3 is 1. The first kappa shape index (κ1) is 8.50. The number of rotatable bonds is 1. The van der Waals surface area contributed by atoms with Crippen molar-refractivity contribution in [2.45, 2.75) is 6.92 Å². The van der Waals surface area contributed by atoms with Crippen LogP contribution in [0.1, 0.15) is 5.69 Å². The minimum absolute atomic E-state index is 0.603. The average molecular weight is 242 g/mol. The molecule has 0 saturated heterocycles. The maximum atomic E-state index is 5.05. The van der Waals surface area contributed by atoms with Gasteiger partial charge in [0.2, 0.25) is 5.88 Å². The molecule has 2 aromatic heterocycles. The van der Waals surface area contributed by atoms with Crippen molar-refractivity contribution in [2.75, 3.05) is 7.11 Å². The smallest absolute Gasteiger partial charge is 0.216 e. The summed E-state index contributed by atoms with van der Waals surface area (Å²) in [5, 5.41) is 4.14. The molecule has 0 amide bonds. The molecule has 0 bridgehead atoms. The molecule has 0 aliphatic rings. The quantitative estimate of drug-likeness (QED) is 0.765. The molecular weight excluding hydrogens is 234 g/mol. The minimum atomic E-state index is 0.603. The molecule has 0 aliphatic heterocycles. The zero-order chi connectivity index (χ0) is 9.42. The summed E-state index contributed by atoms with van der Waals surface area (Å²) in [6.45, 7) is 1.96. The van der Waals surface area contributed by atoms with Crippen LogP contribution in [0.25, 0.3) is 5.65 Å². The topological polar surface area (TPSA) is 39.4 Å². The Bertz CT molecular complexity index is 452. The van der Waals surface area contributed by atoms with Crippen LogP contribution in [0.5, 0.6) is 5.88 Å². The van der Waals surface area contributed by atoms with Gasteiger partial charge in [-0.2, -0.15) is 10.1 Å². The number of halogens is 1. The van der Waals surface area contributed by atoms with Crippen molar-refractivity contribution >= 4 is 21.6 Å². The highest BCUT2D eigenvalue weighted by molar-refractivity contribution is 9.10. The lowest BCUT2D eigenvalue weighted by molar-refractivity contribution is 0.397. The Balaban J connectivity index is 2.80. The van der Waals surface area contributed by atoms with Crippen LogP contribution in [0.4, 0.5) is 0 Å². The number of nitrogens with zero attached hydrogens (tertiary/aromatic N) is 3. The third kappa shape index (κ3) is 1.29. The Hall–Kier alpha value is -1.10. The van der Waals surface area contributed by atoms with Crippen LogP contribution in [0, 0.1) is 6.92 Å². The van der Waals surface area contributed by atoms with Gasteiger partial charge in [0.05, 0.1) is 17.8 Å². The summed E-state index contributed by atoms with van der Waals surface area (Å²) in [7, 11) is 1.60. The van der Waals surface area contributed by atoms with Gasteiger partial charge in [-0.1, -0.05) is 0 Å². The van der Waals surface area contributed by atoms with E-state index >= 15 is 0 Å². The predicted octanol–water partition coefficient (Wildman–Crippen LogP) is 1.81. The monoisotopic (exact) mass is 241 g/mol. The van der Waals surface area contributed by atoms with Crippen LogP contribution >= 0.6 is 15.9 Å². The van der Waals surface area contributed by atoms with Crippen molar-refractivity contribution in [3.8, 4) is 5.88 Å². The molecule has 2 heterocycles. The number of ether oxygens (including phenoxy) is 1. The standard InChI is InChI=1S/C8H8BrN3O/c1-5-3-7(13-2)11-8-6(9)4-10-12(5)8/h3-4H,1-2H3. The van der Waals surface area contributed by atoms with Gasteiger partial charge in [0.1, 0.15) is 0 Å². The van der Waals surface area contributed by atoms with Crippen molar-refractivity contribution in [1.82, 2.24) is 14.6 Å². The molecule has 0 unspecified atom stereocenters. The first-order valence-electron chi connectivity index (χ1n) is 3.77. The van der Waals surface area contributed by atoms with E-state index in [9.17, 15) is 0 Å². The highest BCUT2D eigenvalue weighted by atomic mass is 79.9. The minimum Gasteiger partial charge on any atom is -0.481 e. The normalized spacial score (nSPS) is 10.7. The maximum absolute atomic E-state index is 5.05. The van der Waals surface area contributed by atoms with Gasteiger partial charge in [-0.05, 0) is 22.9 Å². The second-order valence-electron chi connectivity index (χ2n) is 2.67. The lowest BCUT2D eigenvalue weighted by atomic mass is 10.4. The third-order valence-corrected chi connectivity index (χ3v) is 2.35. The Morgan fingerprint density at radius 2 is 2.31 bits per heavy atom. The highest BCUT2D eigenvalue weighted by Gasteiger charge is 2.06. The number of hydrogen-bond donors (Lipinski definition) is 0. The molecule has 13 heavy (non-hydrogen) atoms. The lowest BCUT2D eigenvalue weighted by Crippen LogP contribution is -1.97. The molecule has 0 spiro atoms. The highest BCUT2D eigenvalue weighted by Crippen LogP contribution is 2.19. The van der Waals surface area contributed by atoms with Gasteiger partial charge in [0.15, 0.2) is 5.65 Å². The van der Waals surface area contributed by atoms with Crippen molar-refractivity contribution in [1.29, 1.82) is 0 Å². The van der Waals surface area contributed by atoms with Gasteiger partial charge in [0.25, 0.3) is 0 Å². The van der Waals surface area contributed by atoms with Crippen molar-refractivity contribution < 1.29 is 4.74 Å². The molecular formula is C8H8BrN3O. The Morgan fingerprint density at radius 1 is 1.54 bits per heavy atom. The van der Waals surface area contributed by atoms with Gasteiger partial charge >= 0.3 is 0 Å². The van der Waals surface area contributed by atoms with Crippen molar-refractivity contribution in [3.05, 3.63) is 22.4 Å². The van der Waals surface area contributed by atoms with Crippen LogP contribution < -0.4 is 4.74 Å². The van der Waals surface area contributed by atoms with Gasteiger partial charge < -0.3 is 4.74 Å². The number of aromatic nitrogens is 3. The molecule has 0 aliphatic carbocycles. The van der Waals surface area contributed by atoms with Crippen LogP contribution in [0.15, 0.2) is 16.7 Å². The summed E-state index contributed by atoms with van der Waals surface area (Å²) in [5.74, 6) is 0.603. The molecule has 68 valence electrons. The summed E-state index contributed by atoms with van der Waals surface area (Å²) in [5.41, 5.74) is 1.77. The molecule has 0 atom stereocenters. The Labute approximate surface area is 83.7 Å². The second kappa shape index (κ2) is 2.99. The molecule has 5 heteroatoms. The summed E-state index contributed by atoms with van der Waals surface area (Å²) >= 11 is 3.36. The molecule has 0 radical (unpaired) electrons. The van der Waals surface area contributed by atoms with Gasteiger partial charge in [-0.25, -0.2) is 4.52 Å². The van der Waals surface area contributed by atoms with E-state index in [1.54, 1.807) is 17.8 Å². The summed E-state index contributed by atoms with van der Waals surface area (Å²) in [6, 6.07) is 1.84. The van der Waals surface area contributed by atoms with Gasteiger partial charge in [-0.3, -0.25) is 0 Å². The zero-order valence-corrected chi connectivity index (χ0v) is 8.87. The SMILES string of the molecule is COc1cc(C)n2ncc(Br)c2n1. The average Bonchev–Trinajstić information content (AvgIpc) is 2.48. The van der Waals surface area contributed by atoms with Crippen molar-refractivity contribution in [3.63, 3.8) is 0 Å². The predicted molar refractivity (Wildman–Crippen MR) is 52.0 cm³/mol. The second-order valence-corrected chi connectivity index (χ2v) is 3.52.